The van der Waals surface area contributed by atoms with Crippen molar-refractivity contribution in [2.24, 2.45) is 0 Å². The van der Waals surface area contributed by atoms with Gasteiger partial charge in [0.05, 0.1) is 11.6 Å². The van der Waals surface area contributed by atoms with Gasteiger partial charge in [-0.05, 0) is 46.0 Å². The summed E-state index contributed by atoms with van der Waals surface area (Å²) < 4.78 is 5.72. The van der Waals surface area contributed by atoms with E-state index in [0.717, 1.165) is 32.2 Å². The molecule has 0 aliphatic carbocycles. The number of piperazine rings is 1. The molecule has 3 heterocycles. The maximum atomic E-state index is 13.1. The average molecular weight is 294 g/mol. The second kappa shape index (κ2) is 5.27. The molecule has 3 rings (SSSR count). The molecule has 21 heavy (non-hydrogen) atoms. The number of carbonyl (C=O) groups is 2. The fraction of sp³-hybridized carbons (Fsp3) is 0.875. The third-order valence-electron chi connectivity index (χ3n) is 5.69. The molecule has 0 bridgehead atoms. The van der Waals surface area contributed by atoms with E-state index in [1.807, 2.05) is 23.6 Å². The molecule has 0 aromatic rings. The monoisotopic (exact) mass is 294 g/mol. The van der Waals surface area contributed by atoms with Crippen molar-refractivity contribution in [1.82, 2.24) is 9.80 Å². The predicted octanol–water partition coefficient (Wildman–Crippen LogP) is 1.56. The molecule has 4 atom stereocenters. The Morgan fingerprint density at radius 3 is 2.67 bits per heavy atom. The molecule has 3 aliphatic heterocycles. The lowest BCUT2D eigenvalue weighted by Gasteiger charge is -2.53. The lowest BCUT2D eigenvalue weighted by Crippen LogP contribution is -2.71. The Morgan fingerprint density at radius 1 is 1.29 bits per heavy atom. The van der Waals surface area contributed by atoms with Crippen molar-refractivity contribution >= 4 is 11.8 Å². The molecule has 3 aliphatic rings. The fourth-order valence-corrected chi connectivity index (χ4v) is 4.17. The van der Waals surface area contributed by atoms with Crippen LogP contribution in [0.25, 0.3) is 0 Å². The molecule has 5 heteroatoms. The fourth-order valence-electron chi connectivity index (χ4n) is 4.17. The molecule has 0 aromatic heterocycles. The Labute approximate surface area is 126 Å². The van der Waals surface area contributed by atoms with Gasteiger partial charge in [-0.3, -0.25) is 9.59 Å². The maximum absolute atomic E-state index is 13.1. The molecule has 0 radical (unpaired) electrons. The molecule has 0 spiro atoms. The van der Waals surface area contributed by atoms with Crippen LogP contribution in [0.1, 0.15) is 52.9 Å². The molecule has 118 valence electrons. The molecule has 3 fully saturated rings. The summed E-state index contributed by atoms with van der Waals surface area (Å²) in [6.07, 6.45) is 4.34. The Morgan fingerprint density at radius 2 is 2.05 bits per heavy atom. The van der Waals surface area contributed by atoms with E-state index in [4.69, 9.17) is 4.74 Å². The van der Waals surface area contributed by atoms with Gasteiger partial charge in [-0.15, -0.1) is 0 Å². The van der Waals surface area contributed by atoms with Crippen molar-refractivity contribution < 1.29 is 14.3 Å². The van der Waals surface area contributed by atoms with Crippen LogP contribution in [0, 0.1) is 0 Å². The quantitative estimate of drug-likeness (QED) is 0.776. The van der Waals surface area contributed by atoms with Crippen molar-refractivity contribution in [3.63, 3.8) is 0 Å². The topological polar surface area (TPSA) is 49.9 Å². The smallest absolute Gasteiger partial charge is 0.246 e. The number of hydrogen-bond acceptors (Lipinski definition) is 3. The van der Waals surface area contributed by atoms with Crippen LogP contribution in [0.4, 0.5) is 0 Å². The van der Waals surface area contributed by atoms with Crippen LogP contribution in [0.2, 0.25) is 0 Å². The largest absolute Gasteiger partial charge is 0.376 e. The molecule has 0 aromatic carbocycles. The summed E-state index contributed by atoms with van der Waals surface area (Å²) >= 11 is 0. The lowest BCUT2D eigenvalue weighted by molar-refractivity contribution is -0.173. The van der Waals surface area contributed by atoms with Crippen LogP contribution in [-0.2, 0) is 14.3 Å². The molecule has 4 unspecified atom stereocenters. The van der Waals surface area contributed by atoms with Crippen molar-refractivity contribution in [3.8, 4) is 0 Å². The zero-order chi connectivity index (χ0) is 15.2. The number of nitrogens with zero attached hydrogens (tertiary/aromatic N) is 2. The van der Waals surface area contributed by atoms with Crippen LogP contribution < -0.4 is 0 Å². The van der Waals surface area contributed by atoms with Crippen molar-refractivity contribution in [3.05, 3.63) is 0 Å². The zero-order valence-electron chi connectivity index (χ0n) is 13.3. The van der Waals surface area contributed by atoms with Gasteiger partial charge in [0.2, 0.25) is 11.8 Å². The minimum atomic E-state index is -0.350. The maximum Gasteiger partial charge on any atom is 0.246 e. The van der Waals surface area contributed by atoms with Crippen LogP contribution in [-0.4, -0.2) is 58.5 Å². The van der Waals surface area contributed by atoms with Gasteiger partial charge < -0.3 is 14.5 Å². The highest BCUT2D eigenvalue weighted by molar-refractivity contribution is 5.97. The Bertz CT molecular complexity index is 453. The normalized spacial score (nSPS) is 40.6. The molecule has 3 saturated heterocycles. The zero-order valence-corrected chi connectivity index (χ0v) is 13.3. The summed E-state index contributed by atoms with van der Waals surface area (Å²) in [6.45, 7) is 7.50. The Balaban J connectivity index is 1.97. The highest BCUT2D eigenvalue weighted by atomic mass is 16.5. The second-order valence-corrected chi connectivity index (χ2v) is 6.80. The van der Waals surface area contributed by atoms with E-state index in [0.29, 0.717) is 13.0 Å². The molecular formula is C16H26N2O3. The summed E-state index contributed by atoms with van der Waals surface area (Å²) in [4.78, 5) is 29.7. The van der Waals surface area contributed by atoms with Gasteiger partial charge in [-0.25, -0.2) is 0 Å². The van der Waals surface area contributed by atoms with Crippen LogP contribution >= 0.6 is 0 Å². The SMILES string of the molecule is CCC1C(=O)N2CCCCC2C(=O)N1C1(C)CCOC1C. The summed E-state index contributed by atoms with van der Waals surface area (Å²) in [7, 11) is 0. The van der Waals surface area contributed by atoms with E-state index in [9.17, 15) is 9.59 Å². The average Bonchev–Trinajstić information content (AvgIpc) is 2.83. The van der Waals surface area contributed by atoms with Crippen LogP contribution in [0.3, 0.4) is 0 Å². The van der Waals surface area contributed by atoms with Gasteiger partial charge in [-0.2, -0.15) is 0 Å². The first kappa shape index (κ1) is 14.8. The predicted molar refractivity (Wildman–Crippen MR) is 78.7 cm³/mol. The first-order chi connectivity index (χ1) is 10.0. The summed E-state index contributed by atoms with van der Waals surface area (Å²) in [6, 6.07) is -0.556. The number of amides is 2. The molecule has 0 saturated carbocycles. The first-order valence-corrected chi connectivity index (χ1v) is 8.26. The van der Waals surface area contributed by atoms with Crippen molar-refractivity contribution in [1.29, 1.82) is 0 Å². The van der Waals surface area contributed by atoms with Gasteiger partial charge in [0, 0.05) is 13.2 Å². The standard InChI is InChI=1S/C16H26N2O3/c1-4-12-14(19)17-9-6-5-7-13(17)15(20)18(12)16(3)8-10-21-11(16)2/h11-13H,4-10H2,1-3H3. The van der Waals surface area contributed by atoms with E-state index in [-0.39, 0.29) is 35.5 Å². The van der Waals surface area contributed by atoms with E-state index in [1.165, 1.54) is 0 Å². The first-order valence-electron chi connectivity index (χ1n) is 8.26. The second-order valence-electron chi connectivity index (χ2n) is 6.80. The summed E-state index contributed by atoms with van der Waals surface area (Å²) in [5.41, 5.74) is -0.350. The number of fused-ring (bicyclic) bond motifs is 1. The van der Waals surface area contributed by atoms with E-state index in [1.54, 1.807) is 0 Å². The Kier molecular flexibility index (Phi) is 3.72. The number of carbonyl (C=O) groups excluding carboxylic acids is 2. The van der Waals surface area contributed by atoms with E-state index in [2.05, 4.69) is 6.92 Å². The molecule has 0 N–H and O–H groups in total. The van der Waals surface area contributed by atoms with E-state index >= 15 is 0 Å². The van der Waals surface area contributed by atoms with Crippen LogP contribution in [0.5, 0.6) is 0 Å². The van der Waals surface area contributed by atoms with Crippen molar-refractivity contribution in [2.45, 2.75) is 76.6 Å². The van der Waals surface area contributed by atoms with Gasteiger partial charge in [0.25, 0.3) is 0 Å². The molecular weight excluding hydrogens is 268 g/mol. The molecule has 2 amide bonds. The minimum Gasteiger partial charge on any atom is -0.376 e. The third-order valence-corrected chi connectivity index (χ3v) is 5.69. The lowest BCUT2D eigenvalue weighted by atomic mass is 9.85. The number of hydrogen-bond donors (Lipinski definition) is 0. The third kappa shape index (κ3) is 2.08. The van der Waals surface area contributed by atoms with E-state index < -0.39 is 0 Å². The van der Waals surface area contributed by atoms with Crippen LogP contribution in [0.15, 0.2) is 0 Å². The minimum absolute atomic E-state index is 0.0153. The van der Waals surface area contributed by atoms with Gasteiger partial charge in [0.15, 0.2) is 0 Å². The summed E-state index contributed by atoms with van der Waals surface area (Å²) in [5, 5.41) is 0. The van der Waals surface area contributed by atoms with Gasteiger partial charge in [0.1, 0.15) is 12.1 Å². The molecule has 5 nitrogen and oxygen atoms in total. The number of piperidine rings is 1. The summed E-state index contributed by atoms with van der Waals surface area (Å²) in [5.74, 6) is 0.281. The van der Waals surface area contributed by atoms with Gasteiger partial charge >= 0.3 is 0 Å². The highest BCUT2D eigenvalue weighted by Gasteiger charge is 2.55. The number of rotatable bonds is 2. The number of ether oxygens (including phenoxy) is 1. The van der Waals surface area contributed by atoms with Gasteiger partial charge in [-0.1, -0.05) is 6.92 Å². The van der Waals surface area contributed by atoms with Crippen molar-refractivity contribution in [2.75, 3.05) is 13.2 Å². The Hall–Kier alpha value is -1.10. The highest BCUT2D eigenvalue weighted by Crippen LogP contribution is 2.39.